The predicted molar refractivity (Wildman–Crippen MR) is 79.4 cm³/mol. The predicted octanol–water partition coefficient (Wildman–Crippen LogP) is 2.65. The van der Waals surface area contributed by atoms with Crippen LogP contribution in [0.2, 0.25) is 0 Å². The first-order valence-corrected chi connectivity index (χ1v) is 7.08. The zero-order valence-corrected chi connectivity index (χ0v) is 12.6. The second-order valence-corrected chi connectivity index (χ2v) is 5.93. The van der Waals surface area contributed by atoms with Gasteiger partial charge in [0.1, 0.15) is 0 Å². The summed E-state index contributed by atoms with van der Waals surface area (Å²) in [5.74, 6) is -0.227. The fourth-order valence-electron chi connectivity index (χ4n) is 2.67. The van der Waals surface area contributed by atoms with Crippen LogP contribution < -0.4 is 10.2 Å². The normalized spacial score (nSPS) is 19.5. The van der Waals surface area contributed by atoms with Gasteiger partial charge in [-0.1, -0.05) is 39.0 Å². The zero-order chi connectivity index (χ0) is 14.9. The number of nitrogens with one attached hydrogen (secondary N) is 1. The number of benzene rings is 1. The van der Waals surface area contributed by atoms with E-state index in [0.717, 1.165) is 12.1 Å². The van der Waals surface area contributed by atoms with Crippen LogP contribution in [0.15, 0.2) is 24.3 Å². The fraction of sp³-hybridized carbons (Fsp3) is 0.500. The molecule has 0 bridgehead atoms. The van der Waals surface area contributed by atoms with Gasteiger partial charge in [0, 0.05) is 12.5 Å². The highest BCUT2D eigenvalue weighted by molar-refractivity contribution is 6.22. The molecule has 2 rings (SSSR count). The highest BCUT2D eigenvalue weighted by atomic mass is 16.2. The Morgan fingerprint density at radius 3 is 2.50 bits per heavy atom. The molecule has 1 saturated heterocycles. The van der Waals surface area contributed by atoms with E-state index in [4.69, 9.17) is 0 Å². The van der Waals surface area contributed by atoms with Crippen molar-refractivity contribution in [3.05, 3.63) is 29.8 Å². The Morgan fingerprint density at radius 2 is 1.95 bits per heavy atom. The second-order valence-electron chi connectivity index (χ2n) is 5.93. The van der Waals surface area contributed by atoms with Crippen LogP contribution in [0.25, 0.3) is 0 Å². The maximum absolute atomic E-state index is 12.5. The molecule has 4 heteroatoms. The van der Waals surface area contributed by atoms with Gasteiger partial charge in [-0.05, 0) is 25.1 Å². The molecule has 1 aliphatic heterocycles. The van der Waals surface area contributed by atoms with E-state index in [9.17, 15) is 9.59 Å². The topological polar surface area (TPSA) is 49.4 Å². The zero-order valence-electron chi connectivity index (χ0n) is 12.6. The minimum atomic E-state index is -0.606. The molecular formula is C16H22N2O2. The highest BCUT2D eigenvalue weighted by Gasteiger charge is 2.46. The number of hydrogen-bond donors (Lipinski definition) is 1. The molecule has 20 heavy (non-hydrogen) atoms. The first-order chi connectivity index (χ1) is 9.38. The number of rotatable bonds is 4. The lowest BCUT2D eigenvalue weighted by Gasteiger charge is -2.23. The summed E-state index contributed by atoms with van der Waals surface area (Å²) >= 11 is 0. The first kappa shape index (κ1) is 14.7. The van der Waals surface area contributed by atoms with Gasteiger partial charge in [-0.3, -0.25) is 9.59 Å². The van der Waals surface area contributed by atoms with Crippen LogP contribution >= 0.6 is 0 Å². The molecule has 0 aliphatic carbocycles. The van der Waals surface area contributed by atoms with Crippen molar-refractivity contribution in [1.29, 1.82) is 0 Å². The van der Waals surface area contributed by atoms with Gasteiger partial charge in [-0.2, -0.15) is 0 Å². The van der Waals surface area contributed by atoms with Crippen molar-refractivity contribution in [2.45, 2.75) is 40.2 Å². The Balaban J connectivity index is 2.43. The summed E-state index contributed by atoms with van der Waals surface area (Å²) in [5, 5.41) is 3.33. The van der Waals surface area contributed by atoms with Gasteiger partial charge in [0.25, 0.3) is 0 Å². The molecule has 0 aromatic heterocycles. The van der Waals surface area contributed by atoms with Crippen molar-refractivity contribution >= 4 is 17.5 Å². The van der Waals surface area contributed by atoms with E-state index in [1.165, 1.54) is 4.90 Å². The van der Waals surface area contributed by atoms with Crippen molar-refractivity contribution in [3.8, 4) is 0 Å². The number of para-hydroxylation sites is 1. The van der Waals surface area contributed by atoms with Gasteiger partial charge in [0.15, 0.2) is 0 Å². The summed E-state index contributed by atoms with van der Waals surface area (Å²) < 4.78 is 0. The molecule has 108 valence electrons. The van der Waals surface area contributed by atoms with Crippen LogP contribution in [0.1, 0.15) is 45.7 Å². The van der Waals surface area contributed by atoms with Crippen LogP contribution in [-0.4, -0.2) is 18.4 Å². The van der Waals surface area contributed by atoms with Crippen LogP contribution in [0.5, 0.6) is 0 Å². The smallest absolute Gasteiger partial charge is 0.239 e. The summed E-state index contributed by atoms with van der Waals surface area (Å²) in [7, 11) is 0. The third-order valence-corrected chi connectivity index (χ3v) is 3.78. The maximum atomic E-state index is 12.5. The van der Waals surface area contributed by atoms with E-state index >= 15 is 0 Å². The molecule has 1 unspecified atom stereocenters. The Morgan fingerprint density at radius 1 is 1.30 bits per heavy atom. The number of hydrogen-bond acceptors (Lipinski definition) is 3. The number of carbonyl (C=O) groups excluding carboxylic acids is 2. The largest absolute Gasteiger partial charge is 0.310 e. The SMILES string of the molecule is CCNC(C)c1ccccc1N1C(=O)CC(C)(C)C1=O. The standard InChI is InChI=1S/C16H22N2O2/c1-5-17-11(2)12-8-6-7-9-13(12)18-14(19)10-16(3,4)15(18)20/h6-9,11,17H,5,10H2,1-4H3. The molecule has 0 saturated carbocycles. The van der Waals surface area contributed by atoms with Gasteiger partial charge < -0.3 is 5.32 Å². The van der Waals surface area contributed by atoms with Crippen LogP contribution in [0.4, 0.5) is 5.69 Å². The molecule has 0 spiro atoms. The Labute approximate surface area is 120 Å². The molecule has 1 atom stereocenters. The van der Waals surface area contributed by atoms with Crippen molar-refractivity contribution in [2.75, 3.05) is 11.4 Å². The highest BCUT2D eigenvalue weighted by Crippen LogP contribution is 2.37. The average molecular weight is 274 g/mol. The lowest BCUT2D eigenvalue weighted by Crippen LogP contribution is -2.34. The number of carbonyl (C=O) groups is 2. The number of imide groups is 1. The molecule has 1 aliphatic rings. The molecule has 4 nitrogen and oxygen atoms in total. The summed E-state index contributed by atoms with van der Waals surface area (Å²) in [4.78, 5) is 26.0. The number of amides is 2. The van der Waals surface area contributed by atoms with E-state index < -0.39 is 5.41 Å². The minimum Gasteiger partial charge on any atom is -0.310 e. The van der Waals surface area contributed by atoms with Crippen LogP contribution in [-0.2, 0) is 9.59 Å². The fourth-order valence-corrected chi connectivity index (χ4v) is 2.67. The summed E-state index contributed by atoms with van der Waals surface area (Å²) in [6, 6.07) is 7.71. The van der Waals surface area contributed by atoms with Gasteiger partial charge >= 0.3 is 0 Å². The monoisotopic (exact) mass is 274 g/mol. The van der Waals surface area contributed by atoms with E-state index in [0.29, 0.717) is 5.69 Å². The first-order valence-electron chi connectivity index (χ1n) is 7.08. The second kappa shape index (κ2) is 5.37. The van der Waals surface area contributed by atoms with Crippen molar-refractivity contribution in [2.24, 2.45) is 5.41 Å². The van der Waals surface area contributed by atoms with Crippen molar-refractivity contribution < 1.29 is 9.59 Å². The molecule has 1 N–H and O–H groups in total. The average Bonchev–Trinajstić information content (AvgIpc) is 2.58. The lowest BCUT2D eigenvalue weighted by atomic mass is 9.92. The number of anilines is 1. The van der Waals surface area contributed by atoms with E-state index in [-0.39, 0.29) is 24.3 Å². The van der Waals surface area contributed by atoms with E-state index in [1.807, 2.05) is 52.0 Å². The van der Waals surface area contributed by atoms with Gasteiger partial charge in [0.2, 0.25) is 11.8 Å². The molecular weight excluding hydrogens is 252 g/mol. The number of nitrogens with zero attached hydrogens (tertiary/aromatic N) is 1. The third-order valence-electron chi connectivity index (χ3n) is 3.78. The summed E-state index contributed by atoms with van der Waals surface area (Å²) in [6.45, 7) is 8.56. The molecule has 2 amide bonds. The Kier molecular flexibility index (Phi) is 3.95. The van der Waals surface area contributed by atoms with E-state index in [2.05, 4.69) is 5.32 Å². The van der Waals surface area contributed by atoms with Gasteiger partial charge in [0.05, 0.1) is 11.1 Å². The van der Waals surface area contributed by atoms with Gasteiger partial charge in [-0.15, -0.1) is 0 Å². The minimum absolute atomic E-state index is 0.0977. The molecule has 0 radical (unpaired) electrons. The maximum Gasteiger partial charge on any atom is 0.239 e. The quantitative estimate of drug-likeness (QED) is 0.859. The Bertz CT molecular complexity index is 537. The molecule has 1 aromatic carbocycles. The molecule has 1 heterocycles. The van der Waals surface area contributed by atoms with Crippen molar-refractivity contribution in [3.63, 3.8) is 0 Å². The third kappa shape index (κ3) is 2.48. The summed E-state index contributed by atoms with van der Waals surface area (Å²) in [5.41, 5.74) is 1.08. The molecule has 1 aromatic rings. The Hall–Kier alpha value is -1.68. The molecule has 1 fully saturated rings. The van der Waals surface area contributed by atoms with E-state index in [1.54, 1.807) is 0 Å². The van der Waals surface area contributed by atoms with Gasteiger partial charge in [-0.25, -0.2) is 4.90 Å². The van der Waals surface area contributed by atoms with Crippen LogP contribution in [0.3, 0.4) is 0 Å². The van der Waals surface area contributed by atoms with Crippen LogP contribution in [0, 0.1) is 5.41 Å². The summed E-state index contributed by atoms with van der Waals surface area (Å²) in [6.07, 6.45) is 0.274. The van der Waals surface area contributed by atoms with Crippen molar-refractivity contribution in [1.82, 2.24) is 5.32 Å². The lowest BCUT2D eigenvalue weighted by molar-refractivity contribution is -0.124.